The third kappa shape index (κ3) is 4.32. The number of carbonyl (C=O) groups is 1. The summed E-state index contributed by atoms with van der Waals surface area (Å²) in [5, 5.41) is 6.40. The molecule has 5 rings (SSSR count). The summed E-state index contributed by atoms with van der Waals surface area (Å²) in [6.07, 6.45) is 0. The second-order valence-corrected chi connectivity index (χ2v) is 10.0. The number of aromatic nitrogens is 2. The highest BCUT2D eigenvalue weighted by atomic mass is 35.5. The number of amides is 1. The maximum absolute atomic E-state index is 13.4. The molecule has 1 fully saturated rings. The van der Waals surface area contributed by atoms with Crippen LogP contribution < -0.4 is 14.4 Å². The first-order chi connectivity index (χ1) is 16.9. The maximum Gasteiger partial charge on any atom is 0.264 e. The van der Waals surface area contributed by atoms with E-state index in [4.69, 9.17) is 26.2 Å². The van der Waals surface area contributed by atoms with Gasteiger partial charge in [0.2, 0.25) is 0 Å². The molecule has 1 saturated heterocycles. The smallest absolute Gasteiger partial charge is 0.264 e. The zero-order valence-electron chi connectivity index (χ0n) is 20.2. The molecule has 0 saturated carbocycles. The van der Waals surface area contributed by atoms with E-state index in [-0.39, 0.29) is 5.91 Å². The molecule has 4 aromatic rings. The SMILES string of the molecule is COc1ccc(-c2nn(C)c3sc(C(=O)N4CCN(c5cc(Cl)ccc5C)CC4)cc23)cc1OC. The summed E-state index contributed by atoms with van der Waals surface area (Å²) in [4.78, 5) is 19.3. The van der Waals surface area contributed by atoms with Crippen molar-refractivity contribution < 1.29 is 14.3 Å². The summed E-state index contributed by atoms with van der Waals surface area (Å²) in [6, 6.07) is 13.7. The van der Waals surface area contributed by atoms with Gasteiger partial charge in [0, 0.05) is 54.9 Å². The molecule has 182 valence electrons. The van der Waals surface area contributed by atoms with Gasteiger partial charge in [-0.05, 0) is 48.9 Å². The highest BCUT2D eigenvalue weighted by Crippen LogP contribution is 2.38. The van der Waals surface area contributed by atoms with Gasteiger partial charge in [-0.2, -0.15) is 5.10 Å². The molecule has 1 aliphatic heterocycles. The van der Waals surface area contributed by atoms with Gasteiger partial charge in [0.15, 0.2) is 11.5 Å². The van der Waals surface area contributed by atoms with Crippen LogP contribution in [0.25, 0.3) is 21.5 Å². The highest BCUT2D eigenvalue weighted by Gasteiger charge is 2.26. The van der Waals surface area contributed by atoms with E-state index in [2.05, 4.69) is 11.8 Å². The normalized spacial score (nSPS) is 14.0. The van der Waals surface area contributed by atoms with E-state index in [9.17, 15) is 4.79 Å². The predicted octanol–water partition coefficient (Wildman–Crippen LogP) is 5.24. The van der Waals surface area contributed by atoms with Crippen LogP contribution in [-0.2, 0) is 7.05 Å². The van der Waals surface area contributed by atoms with Crippen molar-refractivity contribution in [1.29, 1.82) is 0 Å². The molecule has 3 heterocycles. The van der Waals surface area contributed by atoms with Crippen LogP contribution in [0, 0.1) is 6.92 Å². The minimum Gasteiger partial charge on any atom is -0.493 e. The number of halogens is 1. The first kappa shape index (κ1) is 23.5. The van der Waals surface area contributed by atoms with Crippen LogP contribution in [0.3, 0.4) is 0 Å². The van der Waals surface area contributed by atoms with Crippen molar-refractivity contribution in [2.45, 2.75) is 6.92 Å². The monoisotopic (exact) mass is 510 g/mol. The topological polar surface area (TPSA) is 59.8 Å². The van der Waals surface area contributed by atoms with Crippen molar-refractivity contribution in [3.8, 4) is 22.8 Å². The van der Waals surface area contributed by atoms with Crippen LogP contribution in [0.15, 0.2) is 42.5 Å². The van der Waals surface area contributed by atoms with Crippen LogP contribution in [0.1, 0.15) is 15.2 Å². The van der Waals surface area contributed by atoms with Gasteiger partial charge in [0.25, 0.3) is 5.91 Å². The van der Waals surface area contributed by atoms with E-state index < -0.39 is 0 Å². The van der Waals surface area contributed by atoms with Crippen molar-refractivity contribution in [2.75, 3.05) is 45.3 Å². The molecular formula is C26H27ClN4O3S. The third-order valence-corrected chi connectivity index (χ3v) is 7.88. The van der Waals surface area contributed by atoms with Gasteiger partial charge in [0.05, 0.1) is 19.1 Å². The van der Waals surface area contributed by atoms with E-state index in [0.29, 0.717) is 24.6 Å². The molecule has 0 unspecified atom stereocenters. The Bertz CT molecular complexity index is 1410. The van der Waals surface area contributed by atoms with Gasteiger partial charge in [-0.25, -0.2) is 0 Å². The largest absolute Gasteiger partial charge is 0.493 e. The van der Waals surface area contributed by atoms with Crippen LogP contribution in [0.4, 0.5) is 5.69 Å². The van der Waals surface area contributed by atoms with Gasteiger partial charge >= 0.3 is 0 Å². The molecule has 0 aliphatic carbocycles. The van der Waals surface area contributed by atoms with Gasteiger partial charge < -0.3 is 19.3 Å². The first-order valence-corrected chi connectivity index (χ1v) is 12.6. The number of ether oxygens (including phenoxy) is 2. The average Bonchev–Trinajstić information content (AvgIpc) is 3.45. The van der Waals surface area contributed by atoms with Gasteiger partial charge in [0.1, 0.15) is 10.5 Å². The standard InChI is InChI=1S/C26H27ClN4O3S/c1-16-5-7-18(27)14-20(16)30-9-11-31(12-10-30)25(32)23-15-19-24(28-29(2)26(19)35-23)17-6-8-21(33-3)22(13-17)34-4/h5-8,13-15H,9-12H2,1-4H3. The lowest BCUT2D eigenvalue weighted by Crippen LogP contribution is -2.48. The number of hydrogen-bond donors (Lipinski definition) is 0. The number of benzene rings is 2. The van der Waals surface area contributed by atoms with Gasteiger partial charge in [-0.1, -0.05) is 17.7 Å². The second-order valence-electron chi connectivity index (χ2n) is 8.58. The molecule has 0 spiro atoms. The third-order valence-electron chi connectivity index (χ3n) is 6.46. The zero-order valence-corrected chi connectivity index (χ0v) is 21.7. The number of fused-ring (bicyclic) bond motifs is 1. The predicted molar refractivity (Wildman–Crippen MR) is 141 cm³/mol. The van der Waals surface area contributed by atoms with Crippen molar-refractivity contribution >= 4 is 44.7 Å². The second kappa shape index (κ2) is 9.43. The lowest BCUT2D eigenvalue weighted by molar-refractivity contribution is 0.0751. The summed E-state index contributed by atoms with van der Waals surface area (Å²) in [5.41, 5.74) is 4.06. The average molecular weight is 511 g/mol. The van der Waals surface area contributed by atoms with Crippen molar-refractivity contribution in [3.63, 3.8) is 0 Å². The number of aryl methyl sites for hydroxylation is 2. The first-order valence-electron chi connectivity index (χ1n) is 11.4. The molecule has 9 heteroatoms. The fraction of sp³-hybridized carbons (Fsp3) is 0.308. The number of methoxy groups -OCH3 is 2. The van der Waals surface area contributed by atoms with Crippen LogP contribution in [0.5, 0.6) is 11.5 Å². The number of piperazine rings is 1. The number of hydrogen-bond acceptors (Lipinski definition) is 6. The molecule has 0 atom stereocenters. The minimum absolute atomic E-state index is 0.0620. The fourth-order valence-electron chi connectivity index (χ4n) is 4.57. The molecule has 2 aromatic heterocycles. The number of carbonyl (C=O) groups excluding carboxylic acids is 1. The van der Waals surface area contributed by atoms with Gasteiger partial charge in [-0.15, -0.1) is 11.3 Å². The zero-order chi connectivity index (χ0) is 24.7. The molecule has 0 bridgehead atoms. The Kier molecular flexibility index (Phi) is 6.34. The maximum atomic E-state index is 13.4. The van der Waals surface area contributed by atoms with Crippen LogP contribution >= 0.6 is 22.9 Å². The van der Waals surface area contributed by atoms with E-state index in [1.54, 1.807) is 14.2 Å². The highest BCUT2D eigenvalue weighted by molar-refractivity contribution is 7.20. The van der Waals surface area contributed by atoms with Crippen molar-refractivity contribution in [2.24, 2.45) is 7.05 Å². The molecule has 35 heavy (non-hydrogen) atoms. The van der Waals surface area contributed by atoms with Crippen molar-refractivity contribution in [1.82, 2.24) is 14.7 Å². The van der Waals surface area contributed by atoms with Crippen LogP contribution in [-0.4, -0.2) is 61.0 Å². The number of anilines is 1. The quantitative estimate of drug-likeness (QED) is 0.367. The Labute approximate surface area is 213 Å². The number of nitrogens with zero attached hydrogens (tertiary/aromatic N) is 4. The van der Waals surface area contributed by atoms with Crippen molar-refractivity contribution in [3.05, 3.63) is 57.9 Å². The Hall–Kier alpha value is -3.23. The van der Waals surface area contributed by atoms with E-state index in [1.807, 2.05) is 59.1 Å². The lowest BCUT2D eigenvalue weighted by Gasteiger charge is -2.36. The van der Waals surface area contributed by atoms with E-state index in [0.717, 1.165) is 50.2 Å². The molecular weight excluding hydrogens is 484 g/mol. The summed E-state index contributed by atoms with van der Waals surface area (Å²) in [5.74, 6) is 1.37. The Morgan fingerprint density at radius 1 is 1.00 bits per heavy atom. The molecule has 1 aliphatic rings. The number of thiophene rings is 1. The summed E-state index contributed by atoms with van der Waals surface area (Å²) < 4.78 is 12.7. The summed E-state index contributed by atoms with van der Waals surface area (Å²) in [7, 11) is 5.14. The lowest BCUT2D eigenvalue weighted by atomic mass is 10.1. The Morgan fingerprint density at radius 3 is 2.46 bits per heavy atom. The molecule has 0 radical (unpaired) electrons. The van der Waals surface area contributed by atoms with E-state index in [1.165, 1.54) is 16.9 Å². The van der Waals surface area contributed by atoms with Crippen LogP contribution in [0.2, 0.25) is 5.02 Å². The summed E-state index contributed by atoms with van der Waals surface area (Å²) >= 11 is 7.70. The summed E-state index contributed by atoms with van der Waals surface area (Å²) in [6.45, 7) is 4.97. The molecule has 2 aromatic carbocycles. The minimum atomic E-state index is 0.0620. The molecule has 7 nitrogen and oxygen atoms in total. The number of rotatable bonds is 5. The van der Waals surface area contributed by atoms with Gasteiger partial charge in [-0.3, -0.25) is 9.48 Å². The molecule has 0 N–H and O–H groups in total. The Morgan fingerprint density at radius 2 is 1.74 bits per heavy atom. The van der Waals surface area contributed by atoms with E-state index >= 15 is 0 Å². The molecule has 1 amide bonds. The Balaban J connectivity index is 1.38. The fourth-order valence-corrected chi connectivity index (χ4v) is 5.78.